The van der Waals surface area contributed by atoms with Crippen LogP contribution in [0.3, 0.4) is 0 Å². The normalized spacial score (nSPS) is 10.7. The summed E-state index contributed by atoms with van der Waals surface area (Å²) in [5.41, 5.74) is 1.77. The average molecular weight is 418 g/mol. The SMILES string of the molecule is CCCCOc1cc(CCCOc2cc(C)cc(C)c2C(=O)O)cc(F)c1C(=O)O. The Morgan fingerprint density at radius 1 is 0.900 bits per heavy atom. The zero-order chi connectivity index (χ0) is 22.3. The van der Waals surface area contributed by atoms with Crippen LogP contribution in [-0.4, -0.2) is 35.4 Å². The van der Waals surface area contributed by atoms with Crippen LogP contribution >= 0.6 is 0 Å². The summed E-state index contributed by atoms with van der Waals surface area (Å²) in [4.78, 5) is 22.9. The zero-order valence-electron chi connectivity index (χ0n) is 17.5. The fourth-order valence-corrected chi connectivity index (χ4v) is 3.20. The Hall–Kier alpha value is -3.09. The predicted molar refractivity (Wildman–Crippen MR) is 110 cm³/mol. The van der Waals surface area contributed by atoms with Gasteiger partial charge in [-0.3, -0.25) is 0 Å². The van der Waals surface area contributed by atoms with Crippen molar-refractivity contribution in [2.45, 2.75) is 46.5 Å². The van der Waals surface area contributed by atoms with E-state index in [4.69, 9.17) is 9.47 Å². The fourth-order valence-electron chi connectivity index (χ4n) is 3.20. The lowest BCUT2D eigenvalue weighted by Crippen LogP contribution is -2.09. The Balaban J connectivity index is 2.08. The van der Waals surface area contributed by atoms with Gasteiger partial charge in [0, 0.05) is 0 Å². The molecule has 0 unspecified atom stereocenters. The van der Waals surface area contributed by atoms with Gasteiger partial charge >= 0.3 is 11.9 Å². The average Bonchev–Trinajstić information content (AvgIpc) is 2.64. The first-order chi connectivity index (χ1) is 14.2. The van der Waals surface area contributed by atoms with E-state index in [1.807, 2.05) is 13.8 Å². The molecule has 7 heteroatoms. The summed E-state index contributed by atoms with van der Waals surface area (Å²) >= 11 is 0. The molecule has 0 radical (unpaired) electrons. The summed E-state index contributed by atoms with van der Waals surface area (Å²) < 4.78 is 25.5. The number of rotatable bonds is 11. The Morgan fingerprint density at radius 2 is 1.50 bits per heavy atom. The minimum atomic E-state index is -1.37. The molecule has 0 aliphatic rings. The van der Waals surface area contributed by atoms with Gasteiger partial charge in [0.15, 0.2) is 0 Å². The number of benzene rings is 2. The third kappa shape index (κ3) is 5.95. The van der Waals surface area contributed by atoms with E-state index in [9.17, 15) is 24.2 Å². The molecule has 2 N–H and O–H groups in total. The lowest BCUT2D eigenvalue weighted by molar-refractivity contribution is 0.0677. The van der Waals surface area contributed by atoms with Gasteiger partial charge in [-0.05, 0) is 68.0 Å². The highest BCUT2D eigenvalue weighted by Gasteiger charge is 2.19. The maximum absolute atomic E-state index is 14.3. The van der Waals surface area contributed by atoms with Crippen LogP contribution in [0.2, 0.25) is 0 Å². The number of halogens is 1. The predicted octanol–water partition coefficient (Wildman–Crippen LogP) is 5.03. The standard InChI is InChI=1S/C23H27FO6/c1-4-5-8-29-19-13-16(12-17(24)21(19)23(27)28)7-6-9-30-18-11-14(2)10-15(3)20(18)22(25)26/h10-13H,4-9H2,1-3H3,(H,25,26)(H,27,28). The highest BCUT2D eigenvalue weighted by atomic mass is 19.1. The minimum absolute atomic E-state index is 0.0225. The van der Waals surface area contributed by atoms with Crippen LogP contribution in [0.5, 0.6) is 11.5 Å². The third-order valence-corrected chi connectivity index (χ3v) is 4.61. The summed E-state index contributed by atoms with van der Waals surface area (Å²) in [6.07, 6.45) is 2.53. The second-order valence-corrected chi connectivity index (χ2v) is 7.17. The molecule has 30 heavy (non-hydrogen) atoms. The highest BCUT2D eigenvalue weighted by molar-refractivity contribution is 5.93. The van der Waals surface area contributed by atoms with Gasteiger partial charge in [0.1, 0.15) is 28.4 Å². The van der Waals surface area contributed by atoms with Crippen LogP contribution in [0.4, 0.5) is 4.39 Å². The van der Waals surface area contributed by atoms with Crippen molar-refractivity contribution in [3.05, 3.63) is 57.9 Å². The first-order valence-electron chi connectivity index (χ1n) is 9.90. The molecule has 0 aromatic heterocycles. The monoisotopic (exact) mass is 418 g/mol. The van der Waals surface area contributed by atoms with E-state index < -0.39 is 23.3 Å². The molecule has 0 aliphatic heterocycles. The molecule has 0 saturated heterocycles. The molecule has 0 heterocycles. The lowest BCUT2D eigenvalue weighted by Gasteiger charge is -2.14. The van der Waals surface area contributed by atoms with Crippen molar-refractivity contribution >= 4 is 11.9 Å². The molecular weight excluding hydrogens is 391 g/mol. The maximum atomic E-state index is 14.3. The van der Waals surface area contributed by atoms with E-state index in [1.165, 1.54) is 6.07 Å². The van der Waals surface area contributed by atoms with Crippen LogP contribution in [0.1, 0.15) is 63.6 Å². The van der Waals surface area contributed by atoms with Crippen LogP contribution < -0.4 is 9.47 Å². The molecule has 0 bridgehead atoms. The minimum Gasteiger partial charge on any atom is -0.493 e. The topological polar surface area (TPSA) is 93.1 Å². The van der Waals surface area contributed by atoms with Gasteiger partial charge in [-0.1, -0.05) is 19.4 Å². The summed E-state index contributed by atoms with van der Waals surface area (Å²) in [6, 6.07) is 6.19. The molecule has 2 aromatic rings. The Labute approximate surface area is 175 Å². The van der Waals surface area contributed by atoms with E-state index in [1.54, 1.807) is 25.1 Å². The molecule has 0 fully saturated rings. The Morgan fingerprint density at radius 3 is 2.10 bits per heavy atom. The number of carboxylic acid groups (broad SMARTS) is 2. The van der Waals surface area contributed by atoms with Crippen molar-refractivity contribution in [1.29, 1.82) is 0 Å². The van der Waals surface area contributed by atoms with Crippen LogP contribution in [0.15, 0.2) is 24.3 Å². The van der Waals surface area contributed by atoms with Crippen LogP contribution in [0, 0.1) is 19.7 Å². The third-order valence-electron chi connectivity index (χ3n) is 4.61. The van der Waals surface area contributed by atoms with Crippen molar-refractivity contribution < 1.29 is 33.7 Å². The fraction of sp³-hybridized carbons (Fsp3) is 0.391. The Bertz CT molecular complexity index is 922. The number of unbranched alkanes of at least 4 members (excludes halogenated alkanes) is 1. The number of aromatic carboxylic acids is 2. The number of ether oxygens (including phenoxy) is 2. The number of carboxylic acids is 2. The van der Waals surface area contributed by atoms with Gasteiger partial charge < -0.3 is 19.7 Å². The molecule has 0 spiro atoms. The molecule has 0 aliphatic carbocycles. The molecule has 2 aromatic carbocycles. The number of hydrogen-bond donors (Lipinski definition) is 2. The molecule has 6 nitrogen and oxygen atoms in total. The van der Waals surface area contributed by atoms with E-state index in [-0.39, 0.29) is 17.9 Å². The first kappa shape index (κ1) is 23.2. The number of aryl methyl sites for hydroxylation is 3. The lowest BCUT2D eigenvalue weighted by atomic mass is 10.0. The van der Waals surface area contributed by atoms with Crippen molar-refractivity contribution in [3.63, 3.8) is 0 Å². The van der Waals surface area contributed by atoms with E-state index in [0.717, 1.165) is 18.4 Å². The molecule has 0 amide bonds. The molecule has 0 saturated carbocycles. The number of carbonyl (C=O) groups is 2. The quantitative estimate of drug-likeness (QED) is 0.497. The molecule has 2 rings (SSSR count). The molecular formula is C23H27FO6. The number of hydrogen-bond acceptors (Lipinski definition) is 4. The second-order valence-electron chi connectivity index (χ2n) is 7.17. The summed E-state index contributed by atoms with van der Waals surface area (Å²) in [6.45, 7) is 6.10. The first-order valence-corrected chi connectivity index (χ1v) is 9.90. The summed E-state index contributed by atoms with van der Waals surface area (Å²) in [5.74, 6) is -2.94. The molecule has 0 atom stereocenters. The van der Waals surface area contributed by atoms with Gasteiger partial charge in [-0.15, -0.1) is 0 Å². The smallest absolute Gasteiger partial charge is 0.342 e. The maximum Gasteiger partial charge on any atom is 0.342 e. The van der Waals surface area contributed by atoms with Crippen LogP contribution in [-0.2, 0) is 6.42 Å². The van der Waals surface area contributed by atoms with E-state index >= 15 is 0 Å². The largest absolute Gasteiger partial charge is 0.493 e. The van der Waals surface area contributed by atoms with Gasteiger partial charge in [0.2, 0.25) is 0 Å². The molecule has 162 valence electrons. The van der Waals surface area contributed by atoms with Gasteiger partial charge in [0.05, 0.1) is 13.2 Å². The highest BCUT2D eigenvalue weighted by Crippen LogP contribution is 2.27. The van der Waals surface area contributed by atoms with Gasteiger partial charge in [-0.2, -0.15) is 0 Å². The van der Waals surface area contributed by atoms with E-state index in [0.29, 0.717) is 36.3 Å². The second kappa shape index (κ2) is 10.6. The van der Waals surface area contributed by atoms with Gasteiger partial charge in [0.25, 0.3) is 0 Å². The van der Waals surface area contributed by atoms with Crippen molar-refractivity contribution in [2.24, 2.45) is 0 Å². The zero-order valence-corrected chi connectivity index (χ0v) is 17.5. The van der Waals surface area contributed by atoms with Crippen molar-refractivity contribution in [2.75, 3.05) is 13.2 Å². The van der Waals surface area contributed by atoms with Crippen molar-refractivity contribution in [1.82, 2.24) is 0 Å². The van der Waals surface area contributed by atoms with Gasteiger partial charge in [-0.25, -0.2) is 14.0 Å². The Kier molecular flexibility index (Phi) is 8.21. The summed E-state index contributed by atoms with van der Waals surface area (Å²) in [5, 5.41) is 18.7. The van der Waals surface area contributed by atoms with E-state index in [2.05, 4.69) is 0 Å². The van der Waals surface area contributed by atoms with Crippen molar-refractivity contribution in [3.8, 4) is 11.5 Å². The van der Waals surface area contributed by atoms with Crippen LogP contribution in [0.25, 0.3) is 0 Å². The summed E-state index contributed by atoms with van der Waals surface area (Å²) in [7, 11) is 0.